The predicted molar refractivity (Wildman–Crippen MR) is 83.5 cm³/mol. The van der Waals surface area contributed by atoms with Crippen LogP contribution in [0.1, 0.15) is 32.1 Å². The Kier molecular flexibility index (Phi) is 5.56. The third kappa shape index (κ3) is 5.01. The van der Waals surface area contributed by atoms with Crippen LogP contribution in [0.25, 0.3) is 0 Å². The van der Waals surface area contributed by atoms with Crippen LogP contribution in [0, 0.1) is 11.7 Å². The Morgan fingerprint density at radius 3 is 2.81 bits per heavy atom. The van der Waals surface area contributed by atoms with Gasteiger partial charge in [0.25, 0.3) is 0 Å². The van der Waals surface area contributed by atoms with Gasteiger partial charge in [0, 0.05) is 19.5 Å². The van der Waals surface area contributed by atoms with Crippen molar-refractivity contribution in [3.8, 4) is 0 Å². The fraction of sp³-hybridized carbons (Fsp3) is 0.562. The summed E-state index contributed by atoms with van der Waals surface area (Å²) in [4.78, 5) is 14.1. The molecule has 0 heterocycles. The minimum Gasteiger partial charge on any atom is -0.397 e. The van der Waals surface area contributed by atoms with Crippen LogP contribution >= 0.6 is 0 Å². The number of carbonyl (C=O) groups is 1. The molecule has 4 nitrogen and oxygen atoms in total. The average Bonchev–Trinajstić information content (AvgIpc) is 2.92. The molecule has 1 saturated carbocycles. The maximum atomic E-state index is 12.9. The molecule has 1 aliphatic rings. The quantitative estimate of drug-likeness (QED) is 0.793. The Hall–Kier alpha value is -1.62. The van der Waals surface area contributed by atoms with Gasteiger partial charge in [-0.2, -0.15) is 0 Å². The summed E-state index contributed by atoms with van der Waals surface area (Å²) in [5.74, 6) is 0.291. The van der Waals surface area contributed by atoms with Crippen molar-refractivity contribution in [1.29, 1.82) is 0 Å². The first-order valence-corrected chi connectivity index (χ1v) is 7.58. The van der Waals surface area contributed by atoms with Gasteiger partial charge in [0.1, 0.15) is 5.82 Å². The molecule has 1 aliphatic carbocycles. The lowest BCUT2D eigenvalue weighted by Gasteiger charge is -2.20. The molecule has 0 aliphatic heterocycles. The van der Waals surface area contributed by atoms with Crippen molar-refractivity contribution in [2.45, 2.75) is 32.1 Å². The minimum atomic E-state index is -0.401. The molecule has 1 amide bonds. The number of halogens is 1. The van der Waals surface area contributed by atoms with E-state index in [1.807, 2.05) is 0 Å². The lowest BCUT2D eigenvalue weighted by atomic mass is 10.1. The largest absolute Gasteiger partial charge is 0.397 e. The summed E-state index contributed by atoms with van der Waals surface area (Å²) in [5.41, 5.74) is 6.39. The molecular weight excluding hydrogens is 269 g/mol. The third-order valence-electron chi connectivity index (χ3n) is 4.05. The minimum absolute atomic E-state index is 0.0911. The molecule has 2 rings (SSSR count). The van der Waals surface area contributed by atoms with Gasteiger partial charge >= 0.3 is 0 Å². The number of nitrogen functional groups attached to an aromatic ring is 1. The summed E-state index contributed by atoms with van der Waals surface area (Å²) >= 11 is 0. The maximum absolute atomic E-state index is 12.9. The first kappa shape index (κ1) is 15.8. The zero-order chi connectivity index (χ0) is 15.2. The molecule has 1 aromatic rings. The number of amides is 1. The molecule has 1 aromatic carbocycles. The fourth-order valence-electron chi connectivity index (χ4n) is 2.88. The highest BCUT2D eigenvalue weighted by molar-refractivity contribution is 5.93. The predicted octanol–water partition coefficient (Wildman–Crippen LogP) is 2.86. The Bertz CT molecular complexity index is 486. The molecular formula is C16H24FN3O. The number of carbonyl (C=O) groups excluding carboxylic acids is 1. The van der Waals surface area contributed by atoms with Gasteiger partial charge in [-0.15, -0.1) is 0 Å². The maximum Gasteiger partial charge on any atom is 0.225 e. The summed E-state index contributed by atoms with van der Waals surface area (Å²) in [6.45, 7) is 1.79. The average molecular weight is 293 g/mol. The SMILES string of the molecule is CN(CCC(=O)Nc1ccc(F)cc1N)CC1CCCC1. The van der Waals surface area contributed by atoms with Crippen molar-refractivity contribution in [1.82, 2.24) is 4.90 Å². The molecule has 3 N–H and O–H groups in total. The van der Waals surface area contributed by atoms with Crippen LogP contribution in [0.3, 0.4) is 0 Å². The lowest BCUT2D eigenvalue weighted by Crippen LogP contribution is -2.28. The van der Waals surface area contributed by atoms with Crippen molar-refractivity contribution in [3.05, 3.63) is 24.0 Å². The second kappa shape index (κ2) is 7.41. The van der Waals surface area contributed by atoms with Gasteiger partial charge < -0.3 is 16.0 Å². The van der Waals surface area contributed by atoms with Crippen LogP contribution in [-0.2, 0) is 4.79 Å². The zero-order valence-electron chi connectivity index (χ0n) is 12.6. The van der Waals surface area contributed by atoms with Crippen LogP contribution in [0.15, 0.2) is 18.2 Å². The second-order valence-corrected chi connectivity index (χ2v) is 5.94. The highest BCUT2D eigenvalue weighted by Gasteiger charge is 2.17. The van der Waals surface area contributed by atoms with E-state index in [1.54, 1.807) is 0 Å². The van der Waals surface area contributed by atoms with E-state index in [0.717, 1.165) is 19.0 Å². The molecule has 0 spiro atoms. The van der Waals surface area contributed by atoms with Crippen LogP contribution in [-0.4, -0.2) is 30.9 Å². The van der Waals surface area contributed by atoms with Crippen molar-refractivity contribution >= 4 is 17.3 Å². The number of benzene rings is 1. The van der Waals surface area contributed by atoms with Gasteiger partial charge in [-0.3, -0.25) is 4.79 Å². The van der Waals surface area contributed by atoms with Crippen molar-refractivity contribution in [2.75, 3.05) is 31.2 Å². The first-order chi connectivity index (χ1) is 10.0. The van der Waals surface area contributed by atoms with E-state index in [9.17, 15) is 9.18 Å². The summed E-state index contributed by atoms with van der Waals surface area (Å²) in [6, 6.07) is 3.99. The van der Waals surface area contributed by atoms with Gasteiger partial charge in [0.05, 0.1) is 11.4 Å². The smallest absolute Gasteiger partial charge is 0.225 e. The summed E-state index contributed by atoms with van der Waals surface area (Å²) in [7, 11) is 2.05. The number of nitrogens with one attached hydrogen (secondary N) is 1. The topological polar surface area (TPSA) is 58.4 Å². The second-order valence-electron chi connectivity index (χ2n) is 5.94. The number of nitrogens with zero attached hydrogens (tertiary/aromatic N) is 1. The standard InChI is InChI=1S/C16H24FN3O/c1-20(11-12-4-2-3-5-12)9-8-16(21)19-15-7-6-13(17)10-14(15)18/h6-7,10,12H,2-5,8-9,11,18H2,1H3,(H,19,21). The van der Waals surface area contributed by atoms with Crippen molar-refractivity contribution < 1.29 is 9.18 Å². The number of nitrogens with two attached hydrogens (primary N) is 1. The van der Waals surface area contributed by atoms with Crippen LogP contribution < -0.4 is 11.1 Å². The molecule has 0 aromatic heterocycles. The third-order valence-corrected chi connectivity index (χ3v) is 4.05. The molecule has 116 valence electrons. The molecule has 0 unspecified atom stereocenters. The van der Waals surface area contributed by atoms with Crippen LogP contribution in [0.2, 0.25) is 0 Å². The Balaban J connectivity index is 1.73. The van der Waals surface area contributed by atoms with E-state index in [0.29, 0.717) is 12.1 Å². The lowest BCUT2D eigenvalue weighted by molar-refractivity contribution is -0.116. The summed E-state index contributed by atoms with van der Waals surface area (Å²) < 4.78 is 12.9. The van der Waals surface area contributed by atoms with E-state index in [1.165, 1.54) is 43.9 Å². The Labute approximate surface area is 125 Å². The van der Waals surface area contributed by atoms with Crippen molar-refractivity contribution in [2.24, 2.45) is 5.92 Å². The summed E-state index contributed by atoms with van der Waals surface area (Å²) in [6.07, 6.45) is 5.71. The highest BCUT2D eigenvalue weighted by Crippen LogP contribution is 2.25. The number of hydrogen-bond donors (Lipinski definition) is 2. The first-order valence-electron chi connectivity index (χ1n) is 7.58. The molecule has 0 bridgehead atoms. The molecule has 21 heavy (non-hydrogen) atoms. The zero-order valence-corrected chi connectivity index (χ0v) is 12.6. The van der Waals surface area contributed by atoms with Gasteiger partial charge in [0.2, 0.25) is 5.91 Å². The van der Waals surface area contributed by atoms with E-state index in [4.69, 9.17) is 5.73 Å². The van der Waals surface area contributed by atoms with Gasteiger partial charge in [-0.05, 0) is 44.0 Å². The number of rotatable bonds is 6. The number of anilines is 2. The van der Waals surface area contributed by atoms with E-state index >= 15 is 0 Å². The molecule has 5 heteroatoms. The Morgan fingerprint density at radius 2 is 2.14 bits per heavy atom. The fourth-order valence-corrected chi connectivity index (χ4v) is 2.88. The normalized spacial score (nSPS) is 15.6. The van der Waals surface area contributed by atoms with Crippen LogP contribution in [0.4, 0.5) is 15.8 Å². The Morgan fingerprint density at radius 1 is 1.43 bits per heavy atom. The van der Waals surface area contributed by atoms with E-state index in [2.05, 4.69) is 17.3 Å². The van der Waals surface area contributed by atoms with Crippen molar-refractivity contribution in [3.63, 3.8) is 0 Å². The van der Waals surface area contributed by atoms with Gasteiger partial charge in [0.15, 0.2) is 0 Å². The van der Waals surface area contributed by atoms with E-state index in [-0.39, 0.29) is 11.6 Å². The molecule has 0 radical (unpaired) electrons. The van der Waals surface area contributed by atoms with Crippen LogP contribution in [0.5, 0.6) is 0 Å². The molecule has 0 atom stereocenters. The van der Waals surface area contributed by atoms with Gasteiger partial charge in [-0.25, -0.2) is 4.39 Å². The van der Waals surface area contributed by atoms with Gasteiger partial charge in [-0.1, -0.05) is 12.8 Å². The van der Waals surface area contributed by atoms with E-state index < -0.39 is 5.82 Å². The highest BCUT2D eigenvalue weighted by atomic mass is 19.1. The number of hydrogen-bond acceptors (Lipinski definition) is 3. The molecule has 0 saturated heterocycles. The monoisotopic (exact) mass is 293 g/mol. The summed E-state index contributed by atoms with van der Waals surface area (Å²) in [5, 5.41) is 2.73. The molecule has 1 fully saturated rings.